The number of carbonyl (C=O) groups is 5. The van der Waals surface area contributed by atoms with Crippen LogP contribution < -0.4 is 25.4 Å². The maximum atomic E-state index is 13.4. The van der Waals surface area contributed by atoms with Crippen molar-refractivity contribution in [3.05, 3.63) is 134 Å². The highest BCUT2D eigenvalue weighted by Gasteiger charge is 2.47. The third-order valence-electron chi connectivity index (χ3n) is 14.4. The molecule has 9 rings (SSSR count). The van der Waals surface area contributed by atoms with Gasteiger partial charge >= 0.3 is 0 Å². The minimum Gasteiger partial charge on any atom is -0.485 e. The van der Waals surface area contributed by atoms with E-state index < -0.39 is 35.3 Å². The molecule has 0 spiro atoms. The Labute approximate surface area is 420 Å². The highest BCUT2D eigenvalue weighted by Crippen LogP contribution is 2.47. The topological polar surface area (TPSA) is 197 Å². The maximum absolute atomic E-state index is 13.4. The summed E-state index contributed by atoms with van der Waals surface area (Å²) in [5.74, 6) is -1.18. The molecule has 5 heterocycles. The molecule has 0 aliphatic carbocycles. The molecule has 0 saturated carbocycles. The predicted molar refractivity (Wildman–Crippen MR) is 271 cm³/mol. The van der Waals surface area contributed by atoms with Gasteiger partial charge in [-0.25, -0.2) is 0 Å². The molecule has 72 heavy (non-hydrogen) atoms. The molecule has 4 aliphatic rings. The highest BCUT2D eigenvalue weighted by atomic mass is 16.5. The van der Waals surface area contributed by atoms with Crippen molar-refractivity contribution >= 4 is 35.2 Å². The van der Waals surface area contributed by atoms with E-state index in [0.29, 0.717) is 57.0 Å². The van der Waals surface area contributed by atoms with Crippen LogP contribution in [0, 0.1) is 27.7 Å². The smallest absolute Gasteiger partial charge is 0.264 e. The number of fused-ring (bicyclic) bond motifs is 4. The number of hydrogen-bond acceptors (Lipinski definition) is 12. The Kier molecular flexibility index (Phi) is 14.9. The van der Waals surface area contributed by atoms with Crippen molar-refractivity contribution in [1.82, 2.24) is 35.4 Å². The van der Waals surface area contributed by atoms with Crippen molar-refractivity contribution in [3.8, 4) is 11.5 Å². The average Bonchev–Trinajstić information content (AvgIpc) is 3.87. The standard InChI is InChI=1S/C56H66N8O8/c1-34-19-35(2)22-39(21-34)32-71-48-25-41-15-18-63-38(5)27-56(70,29-47(63)44(41)26-49(48)72-33-40-23-36(3)20-37(4)24-40)28-42-31-62(61-60-42)17-9-7-6-8-16-57-51(66)30-58-45-12-10-11-43-52(45)55(69)64(54(43)68)46-13-14-50(65)59-53(46)67/h10-12,19-26,31,38,46-47,58,70H,6-9,13-18,27-30,32-33H2,1-5H3,(H,57,66)(H,59,65,67). The fourth-order valence-electron chi connectivity index (χ4n) is 11.3. The summed E-state index contributed by atoms with van der Waals surface area (Å²) >= 11 is 0. The quantitative estimate of drug-likeness (QED) is 0.0494. The third kappa shape index (κ3) is 11.4. The molecule has 16 nitrogen and oxygen atoms in total. The lowest BCUT2D eigenvalue weighted by Crippen LogP contribution is -2.54. The van der Waals surface area contributed by atoms with Crippen molar-refractivity contribution in [1.29, 1.82) is 0 Å². The Bertz CT molecular complexity index is 2860. The van der Waals surface area contributed by atoms with Crippen LogP contribution in [0.15, 0.2) is 72.9 Å². The second kappa shape index (κ2) is 21.4. The molecule has 2 saturated heterocycles. The van der Waals surface area contributed by atoms with E-state index in [1.165, 1.54) is 39.4 Å². The van der Waals surface area contributed by atoms with Gasteiger partial charge in [0, 0.05) is 56.4 Å². The largest absolute Gasteiger partial charge is 0.485 e. The van der Waals surface area contributed by atoms with Crippen LogP contribution >= 0.6 is 0 Å². The summed E-state index contributed by atoms with van der Waals surface area (Å²) in [6, 6.07) is 21.1. The Balaban J connectivity index is 0.751. The van der Waals surface area contributed by atoms with E-state index in [1.54, 1.807) is 12.1 Å². The molecule has 5 aromatic rings. The van der Waals surface area contributed by atoms with Crippen molar-refractivity contribution < 1.29 is 38.6 Å². The van der Waals surface area contributed by atoms with Crippen molar-refractivity contribution in [2.45, 2.75) is 142 Å². The number of rotatable bonds is 19. The van der Waals surface area contributed by atoms with Crippen LogP contribution in [0.2, 0.25) is 0 Å². The van der Waals surface area contributed by atoms with Crippen LogP contribution in [0.4, 0.5) is 5.69 Å². The van der Waals surface area contributed by atoms with Crippen LogP contribution in [0.25, 0.3) is 0 Å². The van der Waals surface area contributed by atoms with Crippen LogP contribution in [-0.2, 0) is 47.0 Å². The van der Waals surface area contributed by atoms with Gasteiger partial charge in [0.2, 0.25) is 17.7 Å². The average molecular weight is 979 g/mol. The number of aryl methyl sites for hydroxylation is 5. The summed E-state index contributed by atoms with van der Waals surface area (Å²) in [5.41, 5.74) is 9.77. The molecule has 4 aromatic carbocycles. The number of imide groups is 2. The molecule has 378 valence electrons. The van der Waals surface area contributed by atoms with E-state index >= 15 is 0 Å². The maximum Gasteiger partial charge on any atom is 0.264 e. The number of amides is 5. The van der Waals surface area contributed by atoms with Gasteiger partial charge in [-0.2, -0.15) is 0 Å². The molecule has 0 bridgehead atoms. The Morgan fingerprint density at radius 3 is 2.19 bits per heavy atom. The lowest BCUT2D eigenvalue weighted by Gasteiger charge is -2.50. The Morgan fingerprint density at radius 1 is 0.819 bits per heavy atom. The molecule has 4 unspecified atom stereocenters. The van der Waals surface area contributed by atoms with Crippen LogP contribution in [0.3, 0.4) is 0 Å². The molecule has 4 N–H and O–H groups in total. The number of carbonyl (C=O) groups excluding carboxylic acids is 5. The molecule has 16 heteroatoms. The molecule has 2 fully saturated rings. The first-order chi connectivity index (χ1) is 34.6. The normalized spacial score (nSPS) is 20.7. The number of aliphatic hydroxyl groups is 1. The lowest BCUT2D eigenvalue weighted by atomic mass is 9.75. The van der Waals surface area contributed by atoms with E-state index in [1.807, 2.05) is 10.9 Å². The summed E-state index contributed by atoms with van der Waals surface area (Å²) < 4.78 is 15.1. The van der Waals surface area contributed by atoms with E-state index in [2.05, 4.69) is 114 Å². The third-order valence-corrected chi connectivity index (χ3v) is 14.4. The molecule has 4 aliphatic heterocycles. The summed E-state index contributed by atoms with van der Waals surface area (Å²) in [6.07, 6.45) is 7.99. The first-order valence-electron chi connectivity index (χ1n) is 25.4. The Morgan fingerprint density at radius 2 is 1.50 bits per heavy atom. The number of nitrogens with one attached hydrogen (secondary N) is 3. The molecular weight excluding hydrogens is 913 g/mol. The predicted octanol–water partition coefficient (Wildman–Crippen LogP) is 6.91. The number of aromatic nitrogens is 3. The summed E-state index contributed by atoms with van der Waals surface area (Å²) in [7, 11) is 0. The number of piperidine rings is 2. The minimum absolute atomic E-state index is 0.00209. The fourth-order valence-corrected chi connectivity index (χ4v) is 11.3. The second-order valence-corrected chi connectivity index (χ2v) is 20.5. The van der Waals surface area contributed by atoms with Crippen molar-refractivity contribution in [2.24, 2.45) is 0 Å². The summed E-state index contributed by atoms with van der Waals surface area (Å²) in [6.45, 7) is 13.4. The molecule has 5 amide bonds. The molecular formula is C56H66N8O8. The highest BCUT2D eigenvalue weighted by molar-refractivity contribution is 6.25. The fraction of sp³-hybridized carbons (Fsp3) is 0.446. The van der Waals surface area contributed by atoms with Gasteiger partial charge in [-0.15, -0.1) is 5.10 Å². The second-order valence-electron chi connectivity index (χ2n) is 20.5. The van der Waals surface area contributed by atoms with Gasteiger partial charge in [-0.3, -0.25) is 43.8 Å². The van der Waals surface area contributed by atoms with Gasteiger partial charge < -0.3 is 25.2 Å². The summed E-state index contributed by atoms with van der Waals surface area (Å²) in [4.78, 5) is 66.8. The number of hydrogen-bond donors (Lipinski definition) is 4. The number of unbranched alkanes of at least 4 members (excludes halogenated alkanes) is 3. The van der Waals surface area contributed by atoms with Crippen LogP contribution in [-0.4, -0.2) is 96.8 Å². The zero-order valence-electron chi connectivity index (χ0n) is 42.0. The zero-order chi connectivity index (χ0) is 50.7. The lowest BCUT2D eigenvalue weighted by molar-refractivity contribution is -0.136. The van der Waals surface area contributed by atoms with Crippen molar-refractivity contribution in [3.63, 3.8) is 0 Å². The molecule has 0 radical (unpaired) electrons. The van der Waals surface area contributed by atoms with Crippen LogP contribution in [0.5, 0.6) is 11.5 Å². The number of anilines is 1. The monoisotopic (exact) mass is 979 g/mol. The van der Waals surface area contributed by atoms with E-state index in [4.69, 9.17) is 9.47 Å². The number of benzene rings is 4. The van der Waals surface area contributed by atoms with Gasteiger partial charge in [0.15, 0.2) is 11.5 Å². The van der Waals surface area contributed by atoms with E-state index in [-0.39, 0.29) is 48.5 Å². The van der Waals surface area contributed by atoms with Gasteiger partial charge in [0.1, 0.15) is 19.3 Å². The number of ether oxygens (including phenoxy) is 2. The van der Waals surface area contributed by atoms with Gasteiger partial charge in [0.05, 0.1) is 29.0 Å². The van der Waals surface area contributed by atoms with E-state index in [0.717, 1.165) is 66.1 Å². The summed E-state index contributed by atoms with van der Waals surface area (Å²) in [5, 5.41) is 29.4. The molecule has 1 aromatic heterocycles. The van der Waals surface area contributed by atoms with E-state index in [9.17, 15) is 29.1 Å². The molecule has 4 atom stereocenters. The zero-order valence-corrected chi connectivity index (χ0v) is 42.0. The minimum atomic E-state index is -1.07. The van der Waals surface area contributed by atoms with Gasteiger partial charge in [-0.05, 0) is 120 Å². The van der Waals surface area contributed by atoms with Gasteiger partial charge in [-0.1, -0.05) is 82.8 Å². The van der Waals surface area contributed by atoms with Gasteiger partial charge in [0.25, 0.3) is 11.8 Å². The van der Waals surface area contributed by atoms with Crippen molar-refractivity contribution in [2.75, 3.05) is 25.0 Å². The first kappa shape index (κ1) is 50.0. The SMILES string of the molecule is Cc1cc(C)cc(COc2cc3c(cc2OCc2cc(C)cc(C)c2)C2CC(O)(Cc4cn(CCCCCCNC(=O)CNc5cccc6c5C(=O)N(C5CCC(=O)NC5=O)C6=O)nn4)CC(C)N2CC3)c1. The number of nitrogens with zero attached hydrogens (tertiary/aromatic N) is 5. The Hall–Kier alpha value is -6.91. The van der Waals surface area contributed by atoms with Crippen LogP contribution in [0.1, 0.15) is 135 Å². The first-order valence-corrected chi connectivity index (χ1v) is 25.4.